The molecule has 0 aliphatic heterocycles. The quantitative estimate of drug-likeness (QED) is 0.741. The summed E-state index contributed by atoms with van der Waals surface area (Å²) in [6.07, 6.45) is 0.970. The number of carbonyl (C=O) groups excluding carboxylic acids is 2. The molecule has 0 radical (unpaired) electrons. The number of benzene rings is 2. The van der Waals surface area contributed by atoms with Crippen molar-refractivity contribution in [3.05, 3.63) is 59.7 Å². The number of thioether (sulfide) groups is 1. The smallest absolute Gasteiger partial charge is 0.234 e. The van der Waals surface area contributed by atoms with Crippen LogP contribution in [0.3, 0.4) is 0 Å². The normalized spacial score (nSPS) is 10.2. The highest BCUT2D eigenvalue weighted by molar-refractivity contribution is 8.00. The van der Waals surface area contributed by atoms with Gasteiger partial charge >= 0.3 is 0 Å². The molecule has 0 fully saturated rings. The number of rotatable bonds is 8. The highest BCUT2D eigenvalue weighted by Crippen LogP contribution is 2.14. The van der Waals surface area contributed by atoms with E-state index in [4.69, 9.17) is 4.74 Å². The molecule has 0 saturated heterocycles. The van der Waals surface area contributed by atoms with Gasteiger partial charge in [-0.25, -0.2) is 0 Å². The maximum atomic E-state index is 12.1. The molecule has 4 nitrogen and oxygen atoms in total. The van der Waals surface area contributed by atoms with E-state index in [-0.39, 0.29) is 23.2 Å². The molecule has 1 amide bonds. The fraction of sp³-hybridized carbons (Fsp3) is 0.263. The highest BCUT2D eigenvalue weighted by atomic mass is 32.2. The predicted molar refractivity (Wildman–Crippen MR) is 99.1 cm³/mol. The summed E-state index contributed by atoms with van der Waals surface area (Å²) in [4.78, 5) is 24.0. The second kappa shape index (κ2) is 9.13. The van der Waals surface area contributed by atoms with Crippen LogP contribution in [-0.4, -0.2) is 30.3 Å². The number of methoxy groups -OCH3 is 1. The van der Waals surface area contributed by atoms with E-state index in [2.05, 4.69) is 12.2 Å². The predicted octanol–water partition coefficient (Wildman–Crippen LogP) is 3.81. The molecule has 0 atom stereocenters. The third-order valence-electron chi connectivity index (χ3n) is 3.52. The Hall–Kier alpha value is -2.27. The molecule has 0 bridgehead atoms. The minimum Gasteiger partial charge on any atom is -0.497 e. The van der Waals surface area contributed by atoms with E-state index >= 15 is 0 Å². The van der Waals surface area contributed by atoms with E-state index in [9.17, 15) is 9.59 Å². The lowest BCUT2D eigenvalue weighted by Crippen LogP contribution is -2.15. The minimum atomic E-state index is -0.105. The first kappa shape index (κ1) is 18.1. The molecule has 0 aliphatic rings. The molecule has 24 heavy (non-hydrogen) atoms. The van der Waals surface area contributed by atoms with Crippen molar-refractivity contribution in [3.63, 3.8) is 0 Å². The Morgan fingerprint density at radius 2 is 1.67 bits per heavy atom. The summed E-state index contributed by atoms with van der Waals surface area (Å²) in [7, 11) is 1.58. The van der Waals surface area contributed by atoms with Crippen molar-refractivity contribution in [2.75, 3.05) is 23.9 Å². The average molecular weight is 343 g/mol. The summed E-state index contributed by atoms with van der Waals surface area (Å²) in [6.45, 7) is 2.09. The average Bonchev–Trinajstić information content (AvgIpc) is 2.62. The van der Waals surface area contributed by atoms with Gasteiger partial charge in [-0.15, -0.1) is 11.8 Å². The van der Waals surface area contributed by atoms with Crippen molar-refractivity contribution in [2.24, 2.45) is 0 Å². The van der Waals surface area contributed by atoms with Crippen molar-refractivity contribution >= 4 is 29.1 Å². The van der Waals surface area contributed by atoms with Crippen LogP contribution in [0.15, 0.2) is 48.5 Å². The van der Waals surface area contributed by atoms with Crippen molar-refractivity contribution in [3.8, 4) is 5.75 Å². The van der Waals surface area contributed by atoms with Crippen LogP contribution in [0.2, 0.25) is 0 Å². The molecule has 5 heteroatoms. The Morgan fingerprint density at radius 1 is 1.00 bits per heavy atom. The fourth-order valence-electron chi connectivity index (χ4n) is 2.12. The summed E-state index contributed by atoms with van der Waals surface area (Å²) in [5.41, 5.74) is 2.63. The number of Topliss-reactive ketones (excluding diaryl/α,β-unsaturated/α-hetero) is 1. The molecule has 0 aromatic heterocycles. The number of hydrogen-bond donors (Lipinski definition) is 1. The number of hydrogen-bond acceptors (Lipinski definition) is 4. The Morgan fingerprint density at radius 3 is 2.25 bits per heavy atom. The lowest BCUT2D eigenvalue weighted by atomic mass is 10.1. The van der Waals surface area contributed by atoms with Gasteiger partial charge in [0.25, 0.3) is 0 Å². The lowest BCUT2D eigenvalue weighted by Gasteiger charge is -2.06. The molecular formula is C19H21NO3S. The van der Waals surface area contributed by atoms with Gasteiger partial charge in [0.1, 0.15) is 5.75 Å². The maximum Gasteiger partial charge on any atom is 0.234 e. The molecule has 0 heterocycles. The molecule has 2 aromatic carbocycles. The van der Waals surface area contributed by atoms with Gasteiger partial charge in [0.15, 0.2) is 5.78 Å². The second-order valence-corrected chi connectivity index (χ2v) is 6.23. The van der Waals surface area contributed by atoms with Crippen LogP contribution in [-0.2, 0) is 11.2 Å². The Kier molecular flexibility index (Phi) is 6.88. The topological polar surface area (TPSA) is 55.4 Å². The molecule has 0 saturated carbocycles. The minimum absolute atomic E-state index is 0.00255. The summed E-state index contributed by atoms with van der Waals surface area (Å²) in [5.74, 6) is 1.13. The van der Waals surface area contributed by atoms with Crippen LogP contribution in [0.25, 0.3) is 0 Å². The molecule has 0 unspecified atom stereocenters. The number of aryl methyl sites for hydroxylation is 1. The van der Waals surface area contributed by atoms with Crippen molar-refractivity contribution in [1.29, 1.82) is 0 Å². The van der Waals surface area contributed by atoms with Crippen LogP contribution in [0.4, 0.5) is 5.69 Å². The Labute approximate surface area is 146 Å². The summed E-state index contributed by atoms with van der Waals surface area (Å²) in [6, 6.07) is 14.8. The molecular weight excluding hydrogens is 322 g/mol. The second-order valence-electron chi connectivity index (χ2n) is 5.24. The van der Waals surface area contributed by atoms with Gasteiger partial charge in [-0.1, -0.05) is 19.1 Å². The molecule has 2 aromatic rings. The lowest BCUT2D eigenvalue weighted by molar-refractivity contribution is -0.113. The van der Waals surface area contributed by atoms with Gasteiger partial charge in [0.2, 0.25) is 5.91 Å². The van der Waals surface area contributed by atoms with Crippen molar-refractivity contribution in [2.45, 2.75) is 13.3 Å². The van der Waals surface area contributed by atoms with Crippen LogP contribution in [0, 0.1) is 0 Å². The zero-order chi connectivity index (χ0) is 17.4. The van der Waals surface area contributed by atoms with E-state index in [1.54, 1.807) is 31.4 Å². The van der Waals surface area contributed by atoms with Gasteiger partial charge in [-0.05, 0) is 48.4 Å². The first-order chi connectivity index (χ1) is 11.6. The number of carbonyl (C=O) groups is 2. The standard InChI is InChI=1S/C19H21NO3S/c1-3-14-4-8-16(9-5-14)20-19(22)13-24-12-18(21)15-6-10-17(23-2)11-7-15/h4-11H,3,12-13H2,1-2H3,(H,20,22). The Balaban J connectivity index is 1.75. The van der Waals surface area contributed by atoms with Crippen LogP contribution in [0.1, 0.15) is 22.8 Å². The first-order valence-electron chi connectivity index (χ1n) is 7.76. The highest BCUT2D eigenvalue weighted by Gasteiger charge is 2.08. The van der Waals surface area contributed by atoms with E-state index in [0.717, 1.165) is 12.1 Å². The largest absolute Gasteiger partial charge is 0.497 e. The van der Waals surface area contributed by atoms with Crippen molar-refractivity contribution in [1.82, 2.24) is 0 Å². The Bertz CT molecular complexity index is 681. The zero-order valence-electron chi connectivity index (χ0n) is 13.9. The SMILES string of the molecule is CCc1ccc(NC(=O)CSCC(=O)c2ccc(OC)cc2)cc1. The van der Waals surface area contributed by atoms with Crippen LogP contribution >= 0.6 is 11.8 Å². The molecule has 0 spiro atoms. The fourth-order valence-corrected chi connectivity index (χ4v) is 2.83. The number of anilines is 1. The number of ketones is 1. The van der Waals surface area contributed by atoms with Gasteiger partial charge in [0, 0.05) is 11.3 Å². The van der Waals surface area contributed by atoms with Crippen LogP contribution in [0.5, 0.6) is 5.75 Å². The zero-order valence-corrected chi connectivity index (χ0v) is 14.7. The molecule has 2 rings (SSSR count). The van der Waals surface area contributed by atoms with Crippen LogP contribution < -0.4 is 10.1 Å². The first-order valence-corrected chi connectivity index (χ1v) is 8.91. The van der Waals surface area contributed by atoms with Crippen molar-refractivity contribution < 1.29 is 14.3 Å². The maximum absolute atomic E-state index is 12.1. The van der Waals surface area contributed by atoms with E-state index in [0.29, 0.717) is 11.3 Å². The third kappa shape index (κ3) is 5.42. The molecule has 1 N–H and O–H groups in total. The van der Waals surface area contributed by atoms with E-state index in [1.807, 2.05) is 24.3 Å². The van der Waals surface area contributed by atoms with Gasteiger partial charge < -0.3 is 10.1 Å². The van der Waals surface area contributed by atoms with E-state index in [1.165, 1.54) is 17.3 Å². The molecule has 0 aliphatic carbocycles. The summed E-state index contributed by atoms with van der Waals surface area (Å²) < 4.78 is 5.06. The monoisotopic (exact) mass is 343 g/mol. The van der Waals surface area contributed by atoms with Gasteiger partial charge in [-0.2, -0.15) is 0 Å². The van der Waals surface area contributed by atoms with Gasteiger partial charge in [-0.3, -0.25) is 9.59 Å². The number of nitrogens with one attached hydrogen (secondary N) is 1. The van der Waals surface area contributed by atoms with Gasteiger partial charge in [0.05, 0.1) is 18.6 Å². The van der Waals surface area contributed by atoms with E-state index < -0.39 is 0 Å². The summed E-state index contributed by atoms with van der Waals surface area (Å²) >= 11 is 1.31. The number of ether oxygens (including phenoxy) is 1. The summed E-state index contributed by atoms with van der Waals surface area (Å²) in [5, 5.41) is 2.83. The third-order valence-corrected chi connectivity index (χ3v) is 4.46. The molecule has 126 valence electrons. The number of amides is 1.